The Bertz CT molecular complexity index is 1360. The Kier molecular flexibility index (Phi) is 4.76. The van der Waals surface area contributed by atoms with Gasteiger partial charge in [-0.2, -0.15) is 0 Å². The summed E-state index contributed by atoms with van der Waals surface area (Å²) in [5, 5.41) is 0.720. The molecule has 0 saturated heterocycles. The third-order valence-corrected chi connectivity index (χ3v) is 6.71. The van der Waals surface area contributed by atoms with Gasteiger partial charge in [0, 0.05) is 21.5 Å². The first kappa shape index (κ1) is 19.4. The molecule has 29 heavy (non-hydrogen) atoms. The van der Waals surface area contributed by atoms with Gasteiger partial charge in [-0.3, -0.25) is 4.79 Å². The van der Waals surface area contributed by atoms with Crippen LogP contribution in [0.15, 0.2) is 71.6 Å². The van der Waals surface area contributed by atoms with Crippen molar-refractivity contribution in [2.24, 2.45) is 0 Å². The summed E-state index contributed by atoms with van der Waals surface area (Å²) in [6.45, 7) is 1.84. The number of fused-ring (bicyclic) bond motifs is 1. The predicted molar refractivity (Wildman–Crippen MR) is 111 cm³/mol. The van der Waals surface area contributed by atoms with Crippen molar-refractivity contribution in [2.45, 2.75) is 11.8 Å². The second kappa shape index (κ2) is 7.13. The van der Waals surface area contributed by atoms with Crippen molar-refractivity contribution >= 4 is 38.8 Å². The Labute approximate surface area is 172 Å². The molecule has 7 heteroatoms. The molecule has 0 fully saturated rings. The number of hydrogen-bond donors (Lipinski definition) is 0. The molecule has 3 aromatic carbocycles. The van der Waals surface area contributed by atoms with Crippen LogP contribution in [-0.2, 0) is 10.0 Å². The second-order valence-corrected chi connectivity index (χ2v) is 8.83. The van der Waals surface area contributed by atoms with Crippen molar-refractivity contribution in [3.05, 3.63) is 88.8 Å². The van der Waals surface area contributed by atoms with Gasteiger partial charge < -0.3 is 0 Å². The molecular weight excluding hydrogens is 413 g/mol. The Balaban J connectivity index is 2.15. The molecule has 0 bridgehead atoms. The van der Waals surface area contributed by atoms with Gasteiger partial charge in [-0.1, -0.05) is 47.5 Å². The van der Waals surface area contributed by atoms with Crippen LogP contribution >= 0.6 is 11.6 Å². The van der Waals surface area contributed by atoms with E-state index in [4.69, 9.17) is 11.6 Å². The fourth-order valence-corrected chi connectivity index (χ4v) is 5.06. The van der Waals surface area contributed by atoms with Crippen molar-refractivity contribution in [1.82, 2.24) is 3.97 Å². The van der Waals surface area contributed by atoms with E-state index in [1.807, 2.05) is 6.92 Å². The highest BCUT2D eigenvalue weighted by molar-refractivity contribution is 7.90. The average Bonchev–Trinajstić information content (AvgIpc) is 3.02. The topological polar surface area (TPSA) is 56.1 Å². The van der Waals surface area contributed by atoms with Crippen molar-refractivity contribution in [2.75, 3.05) is 0 Å². The van der Waals surface area contributed by atoms with E-state index in [1.165, 1.54) is 48.5 Å². The lowest BCUT2D eigenvalue weighted by atomic mass is 10.0. The van der Waals surface area contributed by atoms with Crippen LogP contribution in [0.4, 0.5) is 4.39 Å². The summed E-state index contributed by atoms with van der Waals surface area (Å²) < 4.78 is 42.4. The standard InChI is InChI=1S/C22H15ClFNO3S/c1-14-6-9-16(10-7-14)29(27,28)25-20-11-8-15(23)12-18(20)22(21(25)13-26)17-4-2-3-5-19(17)24/h2-13H,1H3. The number of aryl methyl sites for hydroxylation is 1. The summed E-state index contributed by atoms with van der Waals surface area (Å²) in [5.74, 6) is -0.567. The van der Waals surface area contributed by atoms with E-state index in [1.54, 1.807) is 18.2 Å². The fraction of sp³-hybridized carbons (Fsp3) is 0.0455. The number of carbonyl (C=O) groups excluding carboxylic acids is 1. The minimum absolute atomic E-state index is 0.0260. The molecule has 1 aromatic heterocycles. The zero-order valence-electron chi connectivity index (χ0n) is 15.3. The monoisotopic (exact) mass is 427 g/mol. The molecule has 4 nitrogen and oxygen atoms in total. The molecule has 0 aliphatic heterocycles. The van der Waals surface area contributed by atoms with E-state index in [0.717, 1.165) is 9.54 Å². The number of rotatable bonds is 4. The van der Waals surface area contributed by atoms with Crippen molar-refractivity contribution in [3.8, 4) is 11.1 Å². The maximum atomic E-state index is 14.6. The van der Waals surface area contributed by atoms with Crippen LogP contribution in [0.25, 0.3) is 22.0 Å². The number of hydrogen-bond acceptors (Lipinski definition) is 3. The molecule has 0 radical (unpaired) electrons. The van der Waals surface area contributed by atoms with Crippen molar-refractivity contribution in [1.29, 1.82) is 0 Å². The van der Waals surface area contributed by atoms with Gasteiger partial charge in [0.25, 0.3) is 10.0 Å². The van der Waals surface area contributed by atoms with Crippen LogP contribution in [0.2, 0.25) is 5.02 Å². The summed E-state index contributed by atoms with van der Waals surface area (Å²) in [6.07, 6.45) is 0.432. The summed E-state index contributed by atoms with van der Waals surface area (Å²) in [5.41, 5.74) is 1.30. The van der Waals surface area contributed by atoms with Gasteiger partial charge in [0.05, 0.1) is 10.4 Å². The van der Waals surface area contributed by atoms with E-state index >= 15 is 0 Å². The molecule has 0 unspecified atom stereocenters. The van der Waals surface area contributed by atoms with Crippen molar-refractivity contribution in [3.63, 3.8) is 0 Å². The molecule has 0 atom stereocenters. The van der Waals surface area contributed by atoms with Gasteiger partial charge in [-0.25, -0.2) is 16.8 Å². The molecule has 1 heterocycles. The Morgan fingerprint density at radius 3 is 2.34 bits per heavy atom. The van der Waals surface area contributed by atoms with E-state index in [9.17, 15) is 17.6 Å². The summed E-state index contributed by atoms with van der Waals surface area (Å²) >= 11 is 6.13. The summed E-state index contributed by atoms with van der Waals surface area (Å²) in [6, 6.07) is 16.8. The molecule has 0 aliphatic rings. The van der Waals surface area contributed by atoms with E-state index in [2.05, 4.69) is 0 Å². The SMILES string of the molecule is Cc1ccc(S(=O)(=O)n2c(C=O)c(-c3ccccc3F)c3cc(Cl)ccc32)cc1. The third kappa shape index (κ3) is 3.14. The quantitative estimate of drug-likeness (QED) is 0.406. The van der Waals surface area contributed by atoms with Crippen LogP contribution in [0.5, 0.6) is 0 Å². The lowest BCUT2D eigenvalue weighted by molar-refractivity contribution is 0.111. The van der Waals surface area contributed by atoms with E-state index < -0.39 is 15.8 Å². The van der Waals surface area contributed by atoms with Gasteiger partial charge in [0.1, 0.15) is 11.5 Å². The molecule has 0 aliphatic carbocycles. The van der Waals surface area contributed by atoms with Crippen LogP contribution in [0, 0.1) is 12.7 Å². The van der Waals surface area contributed by atoms with Crippen molar-refractivity contribution < 1.29 is 17.6 Å². The number of benzene rings is 3. The minimum Gasteiger partial charge on any atom is -0.296 e. The first-order chi connectivity index (χ1) is 13.8. The summed E-state index contributed by atoms with van der Waals surface area (Å²) in [4.78, 5) is 12.1. The molecule has 4 rings (SSSR count). The van der Waals surface area contributed by atoms with Crippen LogP contribution in [0.3, 0.4) is 0 Å². The minimum atomic E-state index is -4.12. The Morgan fingerprint density at radius 1 is 1.00 bits per heavy atom. The predicted octanol–water partition coefficient (Wildman–Crippen LogP) is 5.46. The van der Waals surface area contributed by atoms with Gasteiger partial charge in [0.2, 0.25) is 0 Å². The van der Waals surface area contributed by atoms with Gasteiger partial charge in [-0.05, 0) is 43.3 Å². The smallest absolute Gasteiger partial charge is 0.268 e. The van der Waals surface area contributed by atoms with E-state index in [-0.39, 0.29) is 27.2 Å². The Hall–Kier alpha value is -2.96. The lowest BCUT2D eigenvalue weighted by Gasteiger charge is -2.10. The molecule has 146 valence electrons. The molecule has 0 saturated carbocycles. The number of aldehydes is 1. The first-order valence-electron chi connectivity index (χ1n) is 8.71. The maximum Gasteiger partial charge on any atom is 0.268 e. The van der Waals surface area contributed by atoms with Crippen LogP contribution in [0.1, 0.15) is 16.1 Å². The third-order valence-electron chi connectivity index (χ3n) is 4.74. The number of carbonyl (C=O) groups is 1. The highest BCUT2D eigenvalue weighted by atomic mass is 35.5. The molecule has 0 spiro atoms. The van der Waals surface area contributed by atoms with Gasteiger partial charge >= 0.3 is 0 Å². The molecule has 4 aromatic rings. The zero-order chi connectivity index (χ0) is 20.8. The van der Waals surface area contributed by atoms with Crippen LogP contribution < -0.4 is 0 Å². The zero-order valence-corrected chi connectivity index (χ0v) is 16.8. The maximum absolute atomic E-state index is 14.6. The van der Waals surface area contributed by atoms with Gasteiger partial charge in [-0.15, -0.1) is 0 Å². The number of aromatic nitrogens is 1. The average molecular weight is 428 g/mol. The second-order valence-electron chi connectivity index (χ2n) is 6.60. The Morgan fingerprint density at radius 2 is 1.69 bits per heavy atom. The highest BCUT2D eigenvalue weighted by Crippen LogP contribution is 2.38. The molecule has 0 amide bonds. The normalized spacial score (nSPS) is 11.7. The molecular formula is C22H15ClFNO3S. The number of halogens is 2. The van der Waals surface area contributed by atoms with E-state index in [0.29, 0.717) is 16.7 Å². The highest BCUT2D eigenvalue weighted by Gasteiger charge is 2.28. The summed E-state index contributed by atoms with van der Waals surface area (Å²) in [7, 11) is -4.12. The van der Waals surface area contributed by atoms with Gasteiger partial charge in [0.15, 0.2) is 6.29 Å². The fourth-order valence-electron chi connectivity index (χ4n) is 3.38. The largest absolute Gasteiger partial charge is 0.296 e. The first-order valence-corrected chi connectivity index (χ1v) is 10.5. The number of nitrogens with zero attached hydrogens (tertiary/aromatic N) is 1. The van der Waals surface area contributed by atoms with Crippen LogP contribution in [-0.4, -0.2) is 18.7 Å². The molecule has 0 N–H and O–H groups in total. The lowest BCUT2D eigenvalue weighted by Crippen LogP contribution is -2.15.